The molecule has 0 spiro atoms. The zero-order valence-electron chi connectivity index (χ0n) is 12.4. The normalized spacial score (nSPS) is 10.6. The third kappa shape index (κ3) is 4.61. The Morgan fingerprint density at radius 1 is 1.14 bits per heavy atom. The third-order valence-corrected chi connectivity index (χ3v) is 4.45. The summed E-state index contributed by atoms with van der Waals surface area (Å²) in [6.07, 6.45) is 3.65. The number of halogens is 1. The summed E-state index contributed by atoms with van der Waals surface area (Å²) in [4.78, 5) is 8.80. The molecule has 0 radical (unpaired) electrons. The molecule has 1 heterocycles. The van der Waals surface area contributed by atoms with Gasteiger partial charge < -0.3 is 5.32 Å². The highest BCUT2D eigenvalue weighted by atomic mass is 35.5. The fourth-order valence-electron chi connectivity index (χ4n) is 1.97. The van der Waals surface area contributed by atoms with Gasteiger partial charge in [0.05, 0.1) is 0 Å². The Labute approximate surface area is 135 Å². The van der Waals surface area contributed by atoms with Gasteiger partial charge >= 0.3 is 0 Å². The van der Waals surface area contributed by atoms with Gasteiger partial charge in [-0.3, -0.25) is 0 Å². The maximum absolute atomic E-state index is 5.91. The summed E-state index contributed by atoms with van der Waals surface area (Å²) in [5.74, 6) is 1.85. The summed E-state index contributed by atoms with van der Waals surface area (Å²) < 4.78 is 0. The van der Waals surface area contributed by atoms with Crippen LogP contribution in [0, 0.1) is 0 Å². The van der Waals surface area contributed by atoms with Crippen LogP contribution < -0.4 is 5.32 Å². The number of rotatable bonds is 7. The number of benzene rings is 1. The molecule has 0 saturated carbocycles. The van der Waals surface area contributed by atoms with Gasteiger partial charge in [0.15, 0.2) is 0 Å². The Hall–Kier alpha value is -1.26. The van der Waals surface area contributed by atoms with Gasteiger partial charge in [-0.25, -0.2) is 9.97 Å². The first-order chi connectivity index (χ1) is 10.2. The summed E-state index contributed by atoms with van der Waals surface area (Å²) >= 11 is 7.65. The topological polar surface area (TPSA) is 37.8 Å². The summed E-state index contributed by atoms with van der Waals surface area (Å²) in [5.41, 5.74) is 2.44. The van der Waals surface area contributed by atoms with Gasteiger partial charge in [0, 0.05) is 22.9 Å². The molecule has 0 saturated heterocycles. The lowest BCUT2D eigenvalue weighted by molar-refractivity contribution is 0.911. The van der Waals surface area contributed by atoms with Crippen LogP contribution in [-0.2, 0) is 12.2 Å². The molecule has 0 amide bonds. The summed E-state index contributed by atoms with van der Waals surface area (Å²) in [6, 6.07) is 7.95. The molecule has 0 unspecified atom stereocenters. The van der Waals surface area contributed by atoms with Gasteiger partial charge in [-0.1, -0.05) is 37.6 Å². The minimum Gasteiger partial charge on any atom is -0.370 e. The predicted molar refractivity (Wildman–Crippen MR) is 91.2 cm³/mol. The van der Waals surface area contributed by atoms with Gasteiger partial charge in [0.2, 0.25) is 0 Å². The molecule has 0 bridgehead atoms. The Morgan fingerprint density at radius 2 is 1.90 bits per heavy atom. The Kier molecular flexibility index (Phi) is 6.33. The second kappa shape index (κ2) is 8.25. The van der Waals surface area contributed by atoms with Crippen LogP contribution in [0.5, 0.6) is 0 Å². The Bertz CT molecular complexity index is 572. The van der Waals surface area contributed by atoms with Crippen LogP contribution in [0.1, 0.15) is 31.4 Å². The van der Waals surface area contributed by atoms with Crippen molar-refractivity contribution in [1.29, 1.82) is 0 Å². The van der Waals surface area contributed by atoms with Crippen molar-refractivity contribution < 1.29 is 0 Å². The second-order valence-electron chi connectivity index (χ2n) is 4.70. The molecule has 0 aliphatic rings. The zero-order valence-corrected chi connectivity index (χ0v) is 14.0. The minimum atomic E-state index is 0.770. The first kappa shape index (κ1) is 16.1. The molecule has 0 aliphatic heterocycles. The van der Waals surface area contributed by atoms with E-state index in [1.54, 1.807) is 18.1 Å². The van der Waals surface area contributed by atoms with Crippen LogP contribution in [0.2, 0.25) is 5.02 Å². The molecule has 2 rings (SSSR count). The highest BCUT2D eigenvalue weighted by Crippen LogP contribution is 2.28. The molecule has 5 heteroatoms. The number of hydrogen-bond acceptors (Lipinski definition) is 4. The lowest BCUT2D eigenvalue weighted by Crippen LogP contribution is -2.07. The van der Waals surface area contributed by atoms with Crippen LogP contribution >= 0.6 is 23.4 Å². The molecule has 0 atom stereocenters. The fraction of sp³-hybridized carbons (Fsp3) is 0.375. The Balaban J connectivity index is 2.10. The highest BCUT2D eigenvalue weighted by Gasteiger charge is 2.10. The first-order valence-corrected chi connectivity index (χ1v) is 8.56. The maximum Gasteiger partial charge on any atom is 0.133 e. The van der Waals surface area contributed by atoms with Crippen LogP contribution in [-0.4, -0.2) is 16.5 Å². The standard InChI is InChI=1S/C16H20ClN3S/c1-3-9-18-15-14(4-2)16(20-11-19-15)21-10-12-5-7-13(17)8-6-12/h5-8,11H,3-4,9-10H2,1-2H3,(H,18,19,20). The molecular formula is C16H20ClN3S. The molecule has 1 N–H and O–H groups in total. The molecule has 3 nitrogen and oxygen atoms in total. The molecule has 0 aliphatic carbocycles. The number of nitrogens with zero attached hydrogens (tertiary/aromatic N) is 2. The van der Waals surface area contributed by atoms with Crippen molar-refractivity contribution in [2.24, 2.45) is 0 Å². The van der Waals surface area contributed by atoms with E-state index in [-0.39, 0.29) is 0 Å². The van der Waals surface area contributed by atoms with Crippen LogP contribution in [0.25, 0.3) is 0 Å². The monoisotopic (exact) mass is 321 g/mol. The van der Waals surface area contributed by atoms with E-state index in [2.05, 4.69) is 41.3 Å². The number of hydrogen-bond donors (Lipinski definition) is 1. The smallest absolute Gasteiger partial charge is 0.133 e. The van der Waals surface area contributed by atoms with E-state index in [0.29, 0.717) is 0 Å². The largest absolute Gasteiger partial charge is 0.370 e. The zero-order chi connectivity index (χ0) is 15.1. The van der Waals surface area contributed by atoms with E-state index in [0.717, 1.165) is 41.0 Å². The summed E-state index contributed by atoms with van der Waals surface area (Å²) in [5, 5.41) is 5.20. The van der Waals surface area contributed by atoms with E-state index >= 15 is 0 Å². The molecule has 1 aromatic heterocycles. The molecule has 0 fully saturated rings. The average molecular weight is 322 g/mol. The average Bonchev–Trinajstić information content (AvgIpc) is 2.52. The SMILES string of the molecule is CCCNc1ncnc(SCc2ccc(Cl)cc2)c1CC. The van der Waals surface area contributed by atoms with Crippen molar-refractivity contribution in [3.63, 3.8) is 0 Å². The van der Waals surface area contributed by atoms with Crippen LogP contribution in [0.3, 0.4) is 0 Å². The van der Waals surface area contributed by atoms with Crippen LogP contribution in [0.4, 0.5) is 5.82 Å². The maximum atomic E-state index is 5.91. The van der Waals surface area contributed by atoms with Crippen molar-refractivity contribution in [3.05, 3.63) is 46.7 Å². The van der Waals surface area contributed by atoms with Gasteiger partial charge in [0.1, 0.15) is 17.2 Å². The third-order valence-electron chi connectivity index (χ3n) is 3.09. The second-order valence-corrected chi connectivity index (χ2v) is 6.10. The van der Waals surface area contributed by atoms with E-state index < -0.39 is 0 Å². The molecule has 2 aromatic rings. The molecule has 21 heavy (non-hydrogen) atoms. The van der Waals surface area contributed by atoms with Crippen molar-refractivity contribution in [3.8, 4) is 0 Å². The van der Waals surface area contributed by atoms with Crippen molar-refractivity contribution in [2.45, 2.75) is 37.5 Å². The summed E-state index contributed by atoms with van der Waals surface area (Å²) in [7, 11) is 0. The van der Waals surface area contributed by atoms with Gasteiger partial charge in [-0.15, -0.1) is 11.8 Å². The van der Waals surface area contributed by atoms with E-state index in [4.69, 9.17) is 11.6 Å². The van der Waals surface area contributed by atoms with Crippen molar-refractivity contribution in [2.75, 3.05) is 11.9 Å². The Morgan fingerprint density at radius 3 is 2.57 bits per heavy atom. The van der Waals surface area contributed by atoms with E-state index in [9.17, 15) is 0 Å². The number of aromatic nitrogens is 2. The lowest BCUT2D eigenvalue weighted by atomic mass is 10.2. The quantitative estimate of drug-likeness (QED) is 0.587. The highest BCUT2D eigenvalue weighted by molar-refractivity contribution is 7.98. The van der Waals surface area contributed by atoms with Crippen molar-refractivity contribution in [1.82, 2.24) is 9.97 Å². The number of thioether (sulfide) groups is 1. The summed E-state index contributed by atoms with van der Waals surface area (Å²) in [6.45, 7) is 5.23. The van der Waals surface area contributed by atoms with Gasteiger partial charge in [-0.05, 0) is 30.5 Å². The van der Waals surface area contributed by atoms with Crippen LogP contribution in [0.15, 0.2) is 35.6 Å². The predicted octanol–water partition coefficient (Wildman–Crippen LogP) is 4.81. The lowest BCUT2D eigenvalue weighted by Gasteiger charge is -2.12. The van der Waals surface area contributed by atoms with Gasteiger partial charge in [0.25, 0.3) is 0 Å². The number of nitrogens with one attached hydrogen (secondary N) is 1. The fourth-order valence-corrected chi connectivity index (χ4v) is 3.13. The van der Waals surface area contributed by atoms with Crippen molar-refractivity contribution >= 4 is 29.2 Å². The molecular weight excluding hydrogens is 302 g/mol. The molecule has 112 valence electrons. The first-order valence-electron chi connectivity index (χ1n) is 7.19. The van der Waals surface area contributed by atoms with E-state index in [1.165, 1.54) is 11.1 Å². The number of anilines is 1. The molecule has 1 aromatic carbocycles. The van der Waals surface area contributed by atoms with Gasteiger partial charge in [-0.2, -0.15) is 0 Å². The minimum absolute atomic E-state index is 0.770. The van der Waals surface area contributed by atoms with E-state index in [1.807, 2.05) is 12.1 Å².